The van der Waals surface area contributed by atoms with Gasteiger partial charge in [0.1, 0.15) is 5.00 Å². The van der Waals surface area contributed by atoms with Crippen LogP contribution < -0.4 is 14.5 Å². The first-order chi connectivity index (χ1) is 17.1. The molecule has 36 heavy (non-hydrogen) atoms. The molecule has 2 aromatic rings. The average Bonchev–Trinajstić information content (AvgIpc) is 3.49. The Morgan fingerprint density at radius 1 is 1.25 bits per heavy atom. The average molecular weight is 559 g/mol. The topological polar surface area (TPSA) is 146 Å². The summed E-state index contributed by atoms with van der Waals surface area (Å²) in [7, 11) is -3.37. The summed E-state index contributed by atoms with van der Waals surface area (Å²) in [6.45, 7) is 2.30. The SMILES string of the molecule is CCOC(=O)CCN(c1cnc(NC(=O)N(CC2CCCC2)c2ccc(S(C)(=O)=O)cc2)s1)S(=O)O. The van der Waals surface area contributed by atoms with Gasteiger partial charge < -0.3 is 4.74 Å². The lowest BCUT2D eigenvalue weighted by molar-refractivity contribution is -0.142. The monoisotopic (exact) mass is 558 g/mol. The van der Waals surface area contributed by atoms with Gasteiger partial charge in [-0.2, -0.15) is 0 Å². The van der Waals surface area contributed by atoms with Gasteiger partial charge in [0, 0.05) is 25.0 Å². The van der Waals surface area contributed by atoms with Crippen LogP contribution in [-0.2, 0) is 30.6 Å². The molecule has 1 unspecified atom stereocenters. The molecule has 1 aliphatic rings. The van der Waals surface area contributed by atoms with E-state index in [1.165, 1.54) is 18.3 Å². The summed E-state index contributed by atoms with van der Waals surface area (Å²) in [6.07, 6.45) is 6.60. The van der Waals surface area contributed by atoms with Crippen LogP contribution in [-0.4, -0.2) is 60.1 Å². The standard InChI is InChI=1S/C22H30N4O7S3/c1-3-33-20(27)12-13-26(35(29)30)19-14-23-21(34-19)24-22(28)25(15-16-6-4-5-7-16)17-8-10-18(11-9-17)36(2,31)32/h8-11,14,16H,3-7,12-13,15H2,1-2H3,(H,29,30)(H,23,24,28). The van der Waals surface area contributed by atoms with Crippen LogP contribution >= 0.6 is 11.3 Å². The van der Waals surface area contributed by atoms with E-state index in [0.29, 0.717) is 23.2 Å². The Hall–Kier alpha value is -2.55. The number of amides is 2. The second kappa shape index (κ2) is 12.6. The number of hydrogen-bond acceptors (Lipinski definition) is 8. The lowest BCUT2D eigenvalue weighted by Gasteiger charge is -2.26. The van der Waals surface area contributed by atoms with Crippen LogP contribution in [0.4, 0.5) is 20.6 Å². The van der Waals surface area contributed by atoms with Gasteiger partial charge in [-0.05, 0) is 49.9 Å². The Morgan fingerprint density at radius 3 is 2.50 bits per heavy atom. The molecule has 14 heteroatoms. The van der Waals surface area contributed by atoms with Crippen molar-refractivity contribution in [3.05, 3.63) is 30.5 Å². The van der Waals surface area contributed by atoms with E-state index in [-0.39, 0.29) is 29.6 Å². The third-order valence-corrected chi connectivity index (χ3v) is 8.64. The first kappa shape index (κ1) is 28.0. The largest absolute Gasteiger partial charge is 0.466 e. The van der Waals surface area contributed by atoms with Crippen molar-refractivity contribution in [3.8, 4) is 0 Å². The maximum absolute atomic E-state index is 13.3. The predicted octanol–water partition coefficient (Wildman–Crippen LogP) is 3.67. The number of rotatable bonds is 11. The summed E-state index contributed by atoms with van der Waals surface area (Å²) >= 11 is -1.41. The fourth-order valence-corrected chi connectivity index (χ4v) is 6.04. The van der Waals surface area contributed by atoms with E-state index < -0.39 is 33.1 Å². The molecule has 1 aliphatic carbocycles. The van der Waals surface area contributed by atoms with E-state index in [0.717, 1.165) is 47.6 Å². The lowest BCUT2D eigenvalue weighted by atomic mass is 10.1. The zero-order chi connectivity index (χ0) is 26.3. The van der Waals surface area contributed by atoms with Crippen LogP contribution in [0.25, 0.3) is 0 Å². The first-order valence-corrected chi connectivity index (χ1v) is 15.2. The van der Waals surface area contributed by atoms with Crippen molar-refractivity contribution >= 4 is 60.3 Å². The Bertz CT molecular complexity index is 1180. The smallest absolute Gasteiger partial charge is 0.328 e. The van der Waals surface area contributed by atoms with Gasteiger partial charge in [0.05, 0.1) is 24.1 Å². The first-order valence-electron chi connectivity index (χ1n) is 11.5. The molecule has 2 N–H and O–H groups in total. The maximum atomic E-state index is 13.3. The summed E-state index contributed by atoms with van der Waals surface area (Å²) < 4.78 is 51.1. The number of thiazole rings is 1. The van der Waals surface area contributed by atoms with Gasteiger partial charge in [-0.1, -0.05) is 24.2 Å². The van der Waals surface area contributed by atoms with Crippen LogP contribution in [0.5, 0.6) is 0 Å². The number of carbonyl (C=O) groups excluding carboxylic acids is 2. The summed E-state index contributed by atoms with van der Waals surface area (Å²) in [5.41, 5.74) is 0.552. The molecule has 1 heterocycles. The van der Waals surface area contributed by atoms with Gasteiger partial charge in [-0.3, -0.25) is 23.9 Å². The highest BCUT2D eigenvalue weighted by molar-refractivity contribution is 7.90. The van der Waals surface area contributed by atoms with Crippen molar-refractivity contribution in [2.75, 3.05) is 40.5 Å². The molecule has 0 radical (unpaired) electrons. The number of benzene rings is 1. The molecular weight excluding hydrogens is 528 g/mol. The van der Waals surface area contributed by atoms with Crippen molar-refractivity contribution in [2.45, 2.75) is 43.9 Å². The Kier molecular flexibility index (Phi) is 9.82. The summed E-state index contributed by atoms with van der Waals surface area (Å²) in [4.78, 5) is 30.8. The third kappa shape index (κ3) is 7.72. The number of carbonyl (C=O) groups is 2. The van der Waals surface area contributed by atoms with E-state index in [1.54, 1.807) is 24.0 Å². The molecule has 198 valence electrons. The Balaban J connectivity index is 1.75. The number of aromatic nitrogens is 1. The highest BCUT2D eigenvalue weighted by Crippen LogP contribution is 2.31. The van der Waals surface area contributed by atoms with Crippen molar-refractivity contribution in [3.63, 3.8) is 0 Å². The maximum Gasteiger partial charge on any atom is 0.328 e. The van der Waals surface area contributed by atoms with Crippen molar-refractivity contribution in [1.82, 2.24) is 4.98 Å². The quantitative estimate of drug-likeness (QED) is 0.314. The van der Waals surface area contributed by atoms with Crippen molar-refractivity contribution in [1.29, 1.82) is 0 Å². The Morgan fingerprint density at radius 2 is 1.92 bits per heavy atom. The minimum Gasteiger partial charge on any atom is -0.466 e. The molecule has 1 fully saturated rings. The van der Waals surface area contributed by atoms with Gasteiger partial charge in [0.2, 0.25) is 0 Å². The summed E-state index contributed by atoms with van der Waals surface area (Å²) in [6, 6.07) is 5.70. The lowest BCUT2D eigenvalue weighted by Crippen LogP contribution is -2.38. The molecule has 2 amide bonds. The van der Waals surface area contributed by atoms with Crippen LogP contribution in [0.3, 0.4) is 0 Å². The molecule has 1 saturated carbocycles. The third-order valence-electron chi connectivity index (χ3n) is 5.70. The highest BCUT2D eigenvalue weighted by atomic mass is 32.2. The van der Waals surface area contributed by atoms with E-state index >= 15 is 0 Å². The molecule has 3 rings (SSSR count). The van der Waals surface area contributed by atoms with Gasteiger partial charge in [-0.25, -0.2) is 22.4 Å². The van der Waals surface area contributed by atoms with E-state index in [2.05, 4.69) is 10.3 Å². The number of urea groups is 1. The predicted molar refractivity (Wildman–Crippen MR) is 139 cm³/mol. The van der Waals surface area contributed by atoms with Gasteiger partial charge in [0.25, 0.3) is 11.3 Å². The molecule has 1 aromatic carbocycles. The highest BCUT2D eigenvalue weighted by Gasteiger charge is 2.25. The zero-order valence-electron chi connectivity index (χ0n) is 20.1. The molecular formula is C22H30N4O7S3. The van der Waals surface area contributed by atoms with Crippen LogP contribution in [0.2, 0.25) is 0 Å². The van der Waals surface area contributed by atoms with Crippen LogP contribution in [0.15, 0.2) is 35.4 Å². The molecule has 0 aliphatic heterocycles. The fraction of sp³-hybridized carbons (Fsp3) is 0.500. The van der Waals surface area contributed by atoms with E-state index in [1.807, 2.05) is 0 Å². The fourth-order valence-electron chi connectivity index (χ4n) is 3.92. The normalized spacial score (nSPS) is 14.9. The van der Waals surface area contributed by atoms with Gasteiger partial charge in [0.15, 0.2) is 15.0 Å². The number of esters is 1. The number of nitrogens with one attached hydrogen (secondary N) is 1. The second-order valence-corrected chi connectivity index (χ2v) is 12.3. The van der Waals surface area contributed by atoms with Crippen LogP contribution in [0.1, 0.15) is 39.0 Å². The molecule has 1 aromatic heterocycles. The van der Waals surface area contributed by atoms with E-state index in [4.69, 9.17) is 4.74 Å². The van der Waals surface area contributed by atoms with Crippen LogP contribution in [0, 0.1) is 5.92 Å². The Labute approximate surface area is 217 Å². The molecule has 0 bridgehead atoms. The van der Waals surface area contributed by atoms with Crippen molar-refractivity contribution in [2.24, 2.45) is 5.92 Å². The van der Waals surface area contributed by atoms with Gasteiger partial charge >= 0.3 is 12.0 Å². The molecule has 0 spiro atoms. The molecule has 0 saturated heterocycles. The number of ether oxygens (including phenoxy) is 1. The number of nitrogens with zero attached hydrogens (tertiary/aromatic N) is 3. The zero-order valence-corrected chi connectivity index (χ0v) is 22.5. The molecule has 11 nitrogen and oxygen atoms in total. The second-order valence-electron chi connectivity index (χ2n) is 8.35. The van der Waals surface area contributed by atoms with Crippen molar-refractivity contribution < 1.29 is 31.5 Å². The summed E-state index contributed by atoms with van der Waals surface area (Å²) in [5.74, 6) is -0.164. The molecule has 1 atom stereocenters. The minimum atomic E-state index is -3.37. The minimum absolute atomic E-state index is 0.0575. The summed E-state index contributed by atoms with van der Waals surface area (Å²) in [5, 5.41) is 3.25. The number of anilines is 3. The van der Waals surface area contributed by atoms with E-state index in [9.17, 15) is 26.8 Å². The number of hydrogen-bond donors (Lipinski definition) is 2. The number of sulfone groups is 1. The van der Waals surface area contributed by atoms with Gasteiger partial charge in [-0.15, -0.1) is 0 Å².